The third kappa shape index (κ3) is 4.56. The maximum absolute atomic E-state index is 12.4. The van der Waals surface area contributed by atoms with Crippen molar-refractivity contribution in [2.75, 3.05) is 35.6 Å². The highest BCUT2D eigenvalue weighted by Gasteiger charge is 2.26. The van der Waals surface area contributed by atoms with Crippen LogP contribution < -0.4 is 19.1 Å². The maximum atomic E-state index is 12.4. The van der Waals surface area contributed by atoms with Gasteiger partial charge in [0.05, 0.1) is 18.6 Å². The van der Waals surface area contributed by atoms with Crippen LogP contribution in [0.2, 0.25) is 0 Å². The van der Waals surface area contributed by atoms with Gasteiger partial charge in [-0.25, -0.2) is 8.42 Å². The van der Waals surface area contributed by atoms with Crippen molar-refractivity contribution in [2.45, 2.75) is 19.8 Å². The molecule has 1 amide bonds. The largest absolute Gasteiger partial charge is 0.497 e. The van der Waals surface area contributed by atoms with Crippen LogP contribution >= 0.6 is 0 Å². The molecular weight excluding hydrogens is 380 g/mol. The molecule has 0 unspecified atom stereocenters. The van der Waals surface area contributed by atoms with Crippen LogP contribution in [0.15, 0.2) is 42.5 Å². The number of sulfonamides is 1. The van der Waals surface area contributed by atoms with Gasteiger partial charge in [-0.2, -0.15) is 0 Å². The minimum atomic E-state index is -3.35. The molecule has 28 heavy (non-hydrogen) atoms. The summed E-state index contributed by atoms with van der Waals surface area (Å²) < 4.78 is 36.7. The molecule has 0 saturated heterocycles. The van der Waals surface area contributed by atoms with E-state index in [0.717, 1.165) is 18.4 Å². The van der Waals surface area contributed by atoms with Crippen LogP contribution in [0.3, 0.4) is 0 Å². The number of anilines is 2. The summed E-state index contributed by atoms with van der Waals surface area (Å²) in [5.74, 6) is 0.981. The number of fused-ring (bicyclic) bond motifs is 1. The fraction of sp³-hybridized carbons (Fsp3) is 0.350. The van der Waals surface area contributed by atoms with Gasteiger partial charge in [-0.15, -0.1) is 0 Å². The number of methoxy groups -OCH3 is 1. The van der Waals surface area contributed by atoms with Crippen molar-refractivity contribution in [1.82, 2.24) is 0 Å². The number of nitrogens with one attached hydrogen (secondary N) is 1. The number of amides is 1. The van der Waals surface area contributed by atoms with E-state index in [1.807, 2.05) is 6.07 Å². The zero-order valence-electron chi connectivity index (χ0n) is 16.0. The van der Waals surface area contributed by atoms with Crippen LogP contribution in [0.5, 0.6) is 11.5 Å². The summed E-state index contributed by atoms with van der Waals surface area (Å²) in [6.07, 6.45) is 1.60. The summed E-state index contributed by atoms with van der Waals surface area (Å²) in [5, 5.41) is 2.76. The number of nitrogens with zero attached hydrogens (tertiary/aromatic N) is 1. The predicted molar refractivity (Wildman–Crippen MR) is 109 cm³/mol. The summed E-state index contributed by atoms with van der Waals surface area (Å²) in [6.45, 7) is 1.94. The molecule has 0 atom stereocenters. The molecule has 2 aromatic rings. The topological polar surface area (TPSA) is 84.9 Å². The van der Waals surface area contributed by atoms with Crippen molar-refractivity contribution in [3.63, 3.8) is 0 Å². The zero-order chi connectivity index (χ0) is 20.1. The normalized spacial score (nSPS) is 13.6. The van der Waals surface area contributed by atoms with Gasteiger partial charge in [-0.3, -0.25) is 9.10 Å². The Morgan fingerprint density at radius 1 is 1.14 bits per heavy atom. The number of benzene rings is 2. The minimum Gasteiger partial charge on any atom is -0.497 e. The van der Waals surface area contributed by atoms with Gasteiger partial charge in [-0.05, 0) is 61.7 Å². The predicted octanol–water partition coefficient (Wildman–Crippen LogP) is 2.82. The van der Waals surface area contributed by atoms with Crippen LogP contribution in [0, 0.1) is 0 Å². The van der Waals surface area contributed by atoms with E-state index in [2.05, 4.69) is 5.32 Å². The highest BCUT2D eigenvalue weighted by Crippen LogP contribution is 2.32. The zero-order valence-corrected chi connectivity index (χ0v) is 16.8. The van der Waals surface area contributed by atoms with Crippen LogP contribution in [0.25, 0.3) is 0 Å². The maximum Gasteiger partial charge on any atom is 0.262 e. The number of hydrogen-bond acceptors (Lipinski definition) is 5. The van der Waals surface area contributed by atoms with Crippen molar-refractivity contribution >= 4 is 27.3 Å². The third-order valence-electron chi connectivity index (χ3n) is 4.58. The highest BCUT2D eigenvalue weighted by molar-refractivity contribution is 7.92. The lowest BCUT2D eigenvalue weighted by Crippen LogP contribution is -2.36. The van der Waals surface area contributed by atoms with E-state index in [-0.39, 0.29) is 18.3 Å². The lowest BCUT2D eigenvalue weighted by Gasteiger charge is -2.30. The summed E-state index contributed by atoms with van der Waals surface area (Å²) in [6, 6.07) is 12.3. The average Bonchev–Trinajstić information content (AvgIpc) is 2.72. The molecule has 0 fully saturated rings. The fourth-order valence-electron chi connectivity index (χ4n) is 3.08. The Balaban J connectivity index is 1.67. The van der Waals surface area contributed by atoms with Gasteiger partial charge in [0.15, 0.2) is 6.61 Å². The Morgan fingerprint density at radius 3 is 2.54 bits per heavy atom. The lowest BCUT2D eigenvalue weighted by molar-refractivity contribution is -0.118. The first kappa shape index (κ1) is 20.0. The van der Waals surface area contributed by atoms with Crippen LogP contribution in [0.1, 0.15) is 18.9 Å². The number of aryl methyl sites for hydroxylation is 1. The van der Waals surface area contributed by atoms with Crippen molar-refractivity contribution < 1.29 is 22.7 Å². The summed E-state index contributed by atoms with van der Waals surface area (Å²) in [4.78, 5) is 12.2. The van der Waals surface area contributed by atoms with E-state index in [4.69, 9.17) is 9.47 Å². The van der Waals surface area contributed by atoms with E-state index in [9.17, 15) is 13.2 Å². The van der Waals surface area contributed by atoms with E-state index < -0.39 is 10.0 Å². The smallest absolute Gasteiger partial charge is 0.262 e. The van der Waals surface area contributed by atoms with Gasteiger partial charge in [0.1, 0.15) is 11.5 Å². The summed E-state index contributed by atoms with van der Waals surface area (Å²) in [7, 11) is -1.77. The monoisotopic (exact) mass is 404 g/mol. The standard InChI is InChI=1S/C20H24N2O5S/c1-3-28(24,25)22-12-4-5-15-6-7-16(13-19(15)22)21-20(23)14-27-18-10-8-17(26-2)9-11-18/h6-11,13H,3-5,12,14H2,1-2H3,(H,21,23). The molecule has 2 aromatic carbocycles. The first-order valence-electron chi connectivity index (χ1n) is 9.13. The quantitative estimate of drug-likeness (QED) is 0.767. The fourth-order valence-corrected chi connectivity index (χ4v) is 4.27. The number of carbonyl (C=O) groups excluding carboxylic acids is 1. The lowest BCUT2D eigenvalue weighted by atomic mass is 10.0. The van der Waals surface area contributed by atoms with Gasteiger partial charge >= 0.3 is 0 Å². The number of carbonyl (C=O) groups is 1. The van der Waals surface area contributed by atoms with Crippen molar-refractivity contribution in [1.29, 1.82) is 0 Å². The first-order chi connectivity index (χ1) is 13.4. The summed E-state index contributed by atoms with van der Waals surface area (Å²) in [5.41, 5.74) is 2.15. The Morgan fingerprint density at radius 2 is 1.86 bits per heavy atom. The van der Waals surface area contributed by atoms with E-state index in [1.54, 1.807) is 50.4 Å². The molecule has 0 radical (unpaired) electrons. The Kier molecular flexibility index (Phi) is 6.08. The van der Waals surface area contributed by atoms with E-state index >= 15 is 0 Å². The molecule has 0 bridgehead atoms. The van der Waals surface area contributed by atoms with E-state index in [1.165, 1.54) is 4.31 Å². The molecular formula is C20H24N2O5S. The molecule has 3 rings (SSSR count). The number of rotatable bonds is 7. The van der Waals surface area contributed by atoms with Gasteiger partial charge in [0.25, 0.3) is 5.91 Å². The summed E-state index contributed by atoms with van der Waals surface area (Å²) >= 11 is 0. The van der Waals surface area contributed by atoms with Crippen molar-refractivity contribution in [3.05, 3.63) is 48.0 Å². The molecule has 1 N–H and O–H groups in total. The van der Waals surface area contributed by atoms with Gasteiger partial charge in [0, 0.05) is 12.2 Å². The molecule has 7 nitrogen and oxygen atoms in total. The SMILES string of the molecule is CCS(=O)(=O)N1CCCc2ccc(NC(=O)COc3ccc(OC)cc3)cc21. The molecule has 0 saturated carbocycles. The molecule has 1 heterocycles. The number of ether oxygens (including phenoxy) is 2. The highest BCUT2D eigenvalue weighted by atomic mass is 32.2. The number of hydrogen-bond donors (Lipinski definition) is 1. The molecule has 8 heteroatoms. The second-order valence-corrected chi connectivity index (χ2v) is 8.61. The Labute approximate surface area is 165 Å². The molecule has 0 aliphatic carbocycles. The van der Waals surface area contributed by atoms with E-state index in [0.29, 0.717) is 29.4 Å². The van der Waals surface area contributed by atoms with Gasteiger partial charge in [-0.1, -0.05) is 6.07 Å². The van der Waals surface area contributed by atoms with Crippen LogP contribution in [-0.4, -0.2) is 40.3 Å². The molecule has 1 aliphatic heterocycles. The van der Waals surface area contributed by atoms with Crippen LogP contribution in [0.4, 0.5) is 11.4 Å². The molecule has 1 aliphatic rings. The Bertz CT molecular complexity index is 942. The first-order valence-corrected chi connectivity index (χ1v) is 10.7. The second kappa shape index (κ2) is 8.52. The van der Waals surface area contributed by atoms with Crippen molar-refractivity contribution in [2.24, 2.45) is 0 Å². The van der Waals surface area contributed by atoms with Gasteiger partial charge in [0.2, 0.25) is 10.0 Å². The molecule has 150 valence electrons. The third-order valence-corrected chi connectivity index (χ3v) is 6.36. The minimum absolute atomic E-state index is 0.0404. The van der Waals surface area contributed by atoms with Crippen molar-refractivity contribution in [3.8, 4) is 11.5 Å². The molecule has 0 spiro atoms. The average molecular weight is 404 g/mol. The Hall–Kier alpha value is -2.74. The molecule has 0 aromatic heterocycles. The second-order valence-electron chi connectivity index (χ2n) is 6.43. The van der Waals surface area contributed by atoms with Crippen LogP contribution in [-0.2, 0) is 21.2 Å². The van der Waals surface area contributed by atoms with Gasteiger partial charge < -0.3 is 14.8 Å².